The molecule has 0 saturated carbocycles. The molecule has 0 N–H and O–H groups in total. The van der Waals surface area contributed by atoms with Crippen LogP contribution in [0.25, 0.3) is 0 Å². The van der Waals surface area contributed by atoms with Gasteiger partial charge in [-0.25, -0.2) is 0 Å². The van der Waals surface area contributed by atoms with Gasteiger partial charge in [0.05, 0.1) is 6.26 Å². The summed E-state index contributed by atoms with van der Waals surface area (Å²) in [7, 11) is 0. The van der Waals surface area contributed by atoms with E-state index in [9.17, 15) is 0 Å². The zero-order valence-electron chi connectivity index (χ0n) is 7.39. The Morgan fingerprint density at radius 2 is 2.18 bits per heavy atom. The molecule has 0 saturated heterocycles. The van der Waals surface area contributed by atoms with Crippen LogP contribution in [0.3, 0.4) is 0 Å². The summed E-state index contributed by atoms with van der Waals surface area (Å²) >= 11 is 0. The summed E-state index contributed by atoms with van der Waals surface area (Å²) in [6.45, 7) is 4.25. The molecule has 0 radical (unpaired) electrons. The summed E-state index contributed by atoms with van der Waals surface area (Å²) in [5.74, 6) is 1.08. The fourth-order valence-corrected chi connectivity index (χ4v) is 1.24. The fraction of sp³-hybridized carbons (Fsp3) is 0.600. The van der Waals surface area contributed by atoms with Crippen molar-refractivity contribution in [2.75, 3.05) is 0 Å². The van der Waals surface area contributed by atoms with E-state index < -0.39 is 0 Å². The van der Waals surface area contributed by atoms with Gasteiger partial charge < -0.3 is 4.42 Å². The van der Waals surface area contributed by atoms with Crippen LogP contribution in [0, 0.1) is 6.92 Å². The summed E-state index contributed by atoms with van der Waals surface area (Å²) in [5, 5.41) is 0. The van der Waals surface area contributed by atoms with Gasteiger partial charge >= 0.3 is 0 Å². The van der Waals surface area contributed by atoms with Crippen LogP contribution < -0.4 is 0 Å². The molecule has 1 heteroatoms. The standard InChI is InChI=1S/C10H16O/c1-3-4-5-6-10-7-8-11-9(10)2/h7-8H,3-6H2,1-2H3. The Balaban J connectivity index is 2.32. The van der Waals surface area contributed by atoms with E-state index in [4.69, 9.17) is 4.42 Å². The number of hydrogen-bond donors (Lipinski definition) is 0. The molecule has 0 amide bonds. The van der Waals surface area contributed by atoms with Gasteiger partial charge in [0.25, 0.3) is 0 Å². The SMILES string of the molecule is CCCCCc1ccoc1C. The number of aryl methyl sites for hydroxylation is 2. The van der Waals surface area contributed by atoms with E-state index in [2.05, 4.69) is 13.0 Å². The first-order valence-electron chi connectivity index (χ1n) is 4.37. The van der Waals surface area contributed by atoms with Crippen molar-refractivity contribution in [3.8, 4) is 0 Å². The van der Waals surface area contributed by atoms with Crippen molar-refractivity contribution < 1.29 is 4.42 Å². The topological polar surface area (TPSA) is 13.1 Å². The predicted molar refractivity (Wildman–Crippen MR) is 46.7 cm³/mol. The van der Waals surface area contributed by atoms with Crippen molar-refractivity contribution in [1.82, 2.24) is 0 Å². The summed E-state index contributed by atoms with van der Waals surface area (Å²) in [4.78, 5) is 0. The molecule has 0 aromatic carbocycles. The van der Waals surface area contributed by atoms with Gasteiger partial charge in [0.15, 0.2) is 0 Å². The van der Waals surface area contributed by atoms with E-state index in [1.54, 1.807) is 6.26 Å². The second kappa shape index (κ2) is 4.22. The van der Waals surface area contributed by atoms with E-state index in [-0.39, 0.29) is 0 Å². The summed E-state index contributed by atoms with van der Waals surface area (Å²) < 4.78 is 5.20. The molecular weight excluding hydrogens is 136 g/mol. The van der Waals surface area contributed by atoms with Crippen LogP contribution in [0.5, 0.6) is 0 Å². The molecule has 1 rings (SSSR count). The Morgan fingerprint density at radius 1 is 1.36 bits per heavy atom. The average Bonchev–Trinajstić information content (AvgIpc) is 2.37. The summed E-state index contributed by atoms with van der Waals surface area (Å²) in [5.41, 5.74) is 1.37. The van der Waals surface area contributed by atoms with Crippen LogP contribution in [-0.4, -0.2) is 0 Å². The Hall–Kier alpha value is -0.720. The molecule has 62 valence electrons. The maximum Gasteiger partial charge on any atom is 0.103 e. The average molecular weight is 152 g/mol. The smallest absolute Gasteiger partial charge is 0.103 e. The maximum absolute atomic E-state index is 5.20. The fourth-order valence-electron chi connectivity index (χ4n) is 1.24. The first-order chi connectivity index (χ1) is 5.34. The van der Waals surface area contributed by atoms with E-state index in [0.717, 1.165) is 5.76 Å². The largest absolute Gasteiger partial charge is 0.469 e. The minimum absolute atomic E-state index is 1.08. The lowest BCUT2D eigenvalue weighted by Gasteiger charge is -1.96. The van der Waals surface area contributed by atoms with Crippen LogP contribution in [0.4, 0.5) is 0 Å². The van der Waals surface area contributed by atoms with Crippen LogP contribution in [0.2, 0.25) is 0 Å². The monoisotopic (exact) mass is 152 g/mol. The third-order valence-corrected chi connectivity index (χ3v) is 2.02. The van der Waals surface area contributed by atoms with Crippen LogP contribution in [-0.2, 0) is 6.42 Å². The van der Waals surface area contributed by atoms with Crippen LogP contribution >= 0.6 is 0 Å². The van der Waals surface area contributed by atoms with Crippen molar-refractivity contribution in [2.45, 2.75) is 39.5 Å². The van der Waals surface area contributed by atoms with Crippen LogP contribution in [0.15, 0.2) is 16.7 Å². The van der Waals surface area contributed by atoms with Gasteiger partial charge in [0.1, 0.15) is 5.76 Å². The van der Waals surface area contributed by atoms with Crippen molar-refractivity contribution in [1.29, 1.82) is 0 Å². The molecule has 0 aliphatic heterocycles. The molecule has 1 aromatic rings. The molecule has 11 heavy (non-hydrogen) atoms. The lowest BCUT2D eigenvalue weighted by molar-refractivity contribution is 0.528. The van der Waals surface area contributed by atoms with Gasteiger partial charge in [-0.15, -0.1) is 0 Å². The second-order valence-corrected chi connectivity index (χ2v) is 2.96. The van der Waals surface area contributed by atoms with E-state index in [1.165, 1.54) is 31.2 Å². The molecule has 1 heterocycles. The Kier molecular flexibility index (Phi) is 3.21. The van der Waals surface area contributed by atoms with Crippen molar-refractivity contribution in [3.63, 3.8) is 0 Å². The van der Waals surface area contributed by atoms with Gasteiger partial charge in [-0.1, -0.05) is 19.8 Å². The first kappa shape index (κ1) is 8.38. The molecule has 0 atom stereocenters. The Labute approximate surface area is 68.4 Å². The van der Waals surface area contributed by atoms with Crippen molar-refractivity contribution in [2.24, 2.45) is 0 Å². The van der Waals surface area contributed by atoms with Gasteiger partial charge in [0, 0.05) is 0 Å². The van der Waals surface area contributed by atoms with E-state index in [1.807, 2.05) is 6.92 Å². The maximum atomic E-state index is 5.20. The van der Waals surface area contributed by atoms with Gasteiger partial charge in [-0.3, -0.25) is 0 Å². The molecule has 0 aliphatic carbocycles. The first-order valence-corrected chi connectivity index (χ1v) is 4.37. The van der Waals surface area contributed by atoms with Crippen molar-refractivity contribution >= 4 is 0 Å². The highest BCUT2D eigenvalue weighted by Gasteiger charge is 1.98. The zero-order valence-corrected chi connectivity index (χ0v) is 7.39. The highest BCUT2D eigenvalue weighted by molar-refractivity contribution is 5.15. The third-order valence-electron chi connectivity index (χ3n) is 2.02. The molecule has 0 fully saturated rings. The lowest BCUT2D eigenvalue weighted by atomic mass is 10.1. The lowest BCUT2D eigenvalue weighted by Crippen LogP contribution is -1.84. The van der Waals surface area contributed by atoms with E-state index in [0.29, 0.717) is 0 Å². The van der Waals surface area contributed by atoms with Gasteiger partial charge in [-0.05, 0) is 31.4 Å². The molecule has 0 aliphatic rings. The highest BCUT2D eigenvalue weighted by atomic mass is 16.3. The number of hydrogen-bond acceptors (Lipinski definition) is 1. The number of furan rings is 1. The molecule has 1 aromatic heterocycles. The number of unbranched alkanes of at least 4 members (excludes halogenated alkanes) is 2. The van der Waals surface area contributed by atoms with Crippen molar-refractivity contribution in [3.05, 3.63) is 23.7 Å². The van der Waals surface area contributed by atoms with Crippen LogP contribution in [0.1, 0.15) is 37.5 Å². The molecular formula is C10H16O. The second-order valence-electron chi connectivity index (χ2n) is 2.96. The minimum Gasteiger partial charge on any atom is -0.469 e. The van der Waals surface area contributed by atoms with Gasteiger partial charge in [-0.2, -0.15) is 0 Å². The normalized spacial score (nSPS) is 10.4. The summed E-state index contributed by atoms with van der Waals surface area (Å²) in [6.07, 6.45) is 6.85. The Bertz CT molecular complexity index is 200. The third kappa shape index (κ3) is 2.41. The quantitative estimate of drug-likeness (QED) is 0.603. The summed E-state index contributed by atoms with van der Waals surface area (Å²) in [6, 6.07) is 2.07. The highest BCUT2D eigenvalue weighted by Crippen LogP contribution is 2.12. The predicted octanol–water partition coefficient (Wildman–Crippen LogP) is 3.32. The van der Waals surface area contributed by atoms with Gasteiger partial charge in [0.2, 0.25) is 0 Å². The Morgan fingerprint density at radius 3 is 2.73 bits per heavy atom. The molecule has 1 nitrogen and oxygen atoms in total. The number of rotatable bonds is 4. The molecule has 0 unspecified atom stereocenters. The zero-order chi connectivity index (χ0) is 8.10. The molecule has 0 spiro atoms. The molecule has 0 bridgehead atoms. The van der Waals surface area contributed by atoms with E-state index >= 15 is 0 Å². The minimum atomic E-state index is 1.08.